The first-order valence-corrected chi connectivity index (χ1v) is 19.2. The Morgan fingerprint density at radius 3 is 2.09 bits per heavy atom. The van der Waals surface area contributed by atoms with Gasteiger partial charge in [0, 0.05) is 13.1 Å². The molecule has 0 bridgehead atoms. The summed E-state index contributed by atoms with van der Waals surface area (Å²) in [6, 6.07) is 30.4. The van der Waals surface area contributed by atoms with E-state index in [0.29, 0.717) is 42.4 Å². The summed E-state index contributed by atoms with van der Waals surface area (Å²) < 4.78 is 9.62. The standard InChI is InChI=1S/C43H43N9O6/c1-57-41(54)48-37(29-11-5-3-6-12-29)40(53)50-23-9-16-36(50)39-45-32-22-21-30(25-33(32)46-39)27-17-19-28(20-18-27)34-26-44-38(47-34)35-15-10-24-51(35)43(56)52(49-42(55)58-2)31-13-7-4-8-14-31/h3-8,11-14,17-22,25-26,35-37H,9-10,15-16,23-24H2,1-2H3,(H,44,47)(H,45,46)(H,48,54)(H,49,55)/t35-,36-,37+/m0/s1. The smallest absolute Gasteiger partial charge is 0.426 e. The molecule has 15 heteroatoms. The maximum Gasteiger partial charge on any atom is 0.426 e. The predicted octanol–water partition coefficient (Wildman–Crippen LogP) is 7.42. The highest BCUT2D eigenvalue weighted by Gasteiger charge is 2.38. The Labute approximate surface area is 334 Å². The third-order valence-corrected chi connectivity index (χ3v) is 10.7. The van der Waals surface area contributed by atoms with E-state index in [1.165, 1.54) is 19.2 Å². The number of ether oxygens (including phenoxy) is 2. The van der Waals surface area contributed by atoms with E-state index in [-0.39, 0.29) is 24.0 Å². The maximum atomic E-state index is 14.0. The normalized spacial score (nSPS) is 16.9. The summed E-state index contributed by atoms with van der Waals surface area (Å²) in [6.45, 7) is 1.05. The summed E-state index contributed by atoms with van der Waals surface area (Å²) in [5.74, 6) is 1.14. The van der Waals surface area contributed by atoms with Crippen molar-refractivity contribution in [3.63, 3.8) is 0 Å². The quantitative estimate of drug-likeness (QED) is 0.115. The van der Waals surface area contributed by atoms with Crippen molar-refractivity contribution in [2.75, 3.05) is 32.3 Å². The van der Waals surface area contributed by atoms with Crippen LogP contribution in [0.25, 0.3) is 33.4 Å². The fourth-order valence-corrected chi connectivity index (χ4v) is 7.80. The third kappa shape index (κ3) is 7.65. The van der Waals surface area contributed by atoms with E-state index in [1.54, 1.807) is 40.3 Å². The molecule has 58 heavy (non-hydrogen) atoms. The fraction of sp³-hybridized carbons (Fsp3) is 0.256. The molecule has 2 aliphatic heterocycles. The number of imidazole rings is 2. The summed E-state index contributed by atoms with van der Waals surface area (Å²) in [6.07, 6.45) is 3.39. The summed E-state index contributed by atoms with van der Waals surface area (Å²) in [4.78, 5) is 72.2. The number of aromatic nitrogens is 4. The number of methoxy groups -OCH3 is 2. The molecule has 0 radical (unpaired) electrons. The van der Waals surface area contributed by atoms with Crippen LogP contribution in [0.2, 0.25) is 0 Å². The van der Waals surface area contributed by atoms with Gasteiger partial charge in [-0.15, -0.1) is 0 Å². The third-order valence-electron chi connectivity index (χ3n) is 10.7. The average Bonchev–Trinajstić information content (AvgIpc) is 4.11. The molecular formula is C43H43N9O6. The van der Waals surface area contributed by atoms with Gasteiger partial charge in [0.25, 0.3) is 5.91 Å². The molecule has 2 aromatic heterocycles. The number of nitrogens with one attached hydrogen (secondary N) is 4. The molecule has 296 valence electrons. The van der Waals surface area contributed by atoms with E-state index in [1.807, 2.05) is 72.8 Å². The Balaban J connectivity index is 0.972. The molecule has 0 aliphatic carbocycles. The molecule has 4 N–H and O–H groups in total. The van der Waals surface area contributed by atoms with E-state index in [2.05, 4.69) is 31.8 Å². The van der Waals surface area contributed by atoms with Crippen molar-refractivity contribution in [2.45, 2.75) is 43.8 Å². The number of urea groups is 1. The lowest BCUT2D eigenvalue weighted by Crippen LogP contribution is -2.52. The highest BCUT2D eigenvalue weighted by molar-refractivity contribution is 5.94. The molecule has 0 saturated carbocycles. The molecule has 8 rings (SSSR count). The number of hydrogen-bond donors (Lipinski definition) is 4. The first kappa shape index (κ1) is 37.7. The second-order valence-electron chi connectivity index (χ2n) is 14.2. The summed E-state index contributed by atoms with van der Waals surface area (Å²) in [7, 11) is 2.53. The van der Waals surface area contributed by atoms with E-state index in [4.69, 9.17) is 14.5 Å². The maximum absolute atomic E-state index is 14.0. The van der Waals surface area contributed by atoms with Crippen LogP contribution >= 0.6 is 0 Å². The monoisotopic (exact) mass is 781 g/mol. The van der Waals surface area contributed by atoms with Crippen LogP contribution in [0.5, 0.6) is 0 Å². The van der Waals surface area contributed by atoms with E-state index in [0.717, 1.165) is 52.7 Å². The number of para-hydroxylation sites is 1. The van der Waals surface area contributed by atoms with Gasteiger partial charge in [0.05, 0.1) is 54.9 Å². The number of hydrogen-bond acceptors (Lipinski definition) is 8. The number of carbonyl (C=O) groups is 4. The van der Waals surface area contributed by atoms with Gasteiger partial charge in [-0.25, -0.2) is 29.8 Å². The number of fused-ring (bicyclic) bond motifs is 1. The van der Waals surface area contributed by atoms with Gasteiger partial charge < -0.3 is 34.6 Å². The van der Waals surface area contributed by atoms with Crippen LogP contribution in [-0.2, 0) is 14.3 Å². The molecule has 4 aromatic carbocycles. The first-order chi connectivity index (χ1) is 28.3. The number of benzene rings is 4. The zero-order chi connectivity index (χ0) is 40.2. The van der Waals surface area contributed by atoms with Crippen LogP contribution in [0.4, 0.5) is 20.1 Å². The summed E-state index contributed by atoms with van der Waals surface area (Å²) in [5.41, 5.74) is 9.11. The molecule has 2 fully saturated rings. The number of hydrazine groups is 1. The number of nitrogens with zero attached hydrogens (tertiary/aromatic N) is 5. The van der Waals surface area contributed by atoms with Crippen LogP contribution in [0, 0.1) is 0 Å². The first-order valence-electron chi connectivity index (χ1n) is 19.2. The van der Waals surface area contributed by atoms with Gasteiger partial charge in [-0.3, -0.25) is 4.79 Å². The van der Waals surface area contributed by atoms with Gasteiger partial charge in [-0.2, -0.15) is 5.01 Å². The minimum atomic E-state index is -0.893. The Hall–Kier alpha value is -7.16. The van der Waals surface area contributed by atoms with Crippen molar-refractivity contribution in [3.8, 4) is 22.4 Å². The van der Waals surface area contributed by atoms with Crippen molar-refractivity contribution in [1.29, 1.82) is 0 Å². The molecule has 15 nitrogen and oxygen atoms in total. The van der Waals surface area contributed by atoms with Gasteiger partial charge >= 0.3 is 18.2 Å². The Bertz CT molecular complexity index is 2420. The number of aromatic amines is 2. The summed E-state index contributed by atoms with van der Waals surface area (Å²) in [5, 5.41) is 3.92. The number of likely N-dealkylation sites (tertiary alicyclic amines) is 2. The predicted molar refractivity (Wildman–Crippen MR) is 216 cm³/mol. The number of rotatable bonds is 8. The molecule has 6 aromatic rings. The van der Waals surface area contributed by atoms with Gasteiger partial charge in [0.15, 0.2) is 0 Å². The molecule has 0 spiro atoms. The molecule has 2 saturated heterocycles. The lowest BCUT2D eigenvalue weighted by atomic mass is 10.0. The second kappa shape index (κ2) is 16.5. The van der Waals surface area contributed by atoms with Crippen molar-refractivity contribution in [3.05, 3.63) is 127 Å². The molecule has 3 atom stereocenters. The van der Waals surface area contributed by atoms with E-state index in [9.17, 15) is 19.2 Å². The highest BCUT2D eigenvalue weighted by Crippen LogP contribution is 2.36. The van der Waals surface area contributed by atoms with Crippen LogP contribution in [0.1, 0.15) is 61.0 Å². The van der Waals surface area contributed by atoms with Gasteiger partial charge in [0.1, 0.15) is 17.7 Å². The SMILES string of the molecule is COC(=O)N[C@@H](C(=O)N1CCC[C@H]1c1nc2ccc(-c3ccc(-c4cnc([C@@H]5CCCN5C(=O)N(NC(=O)OC)c5ccccc5)[nH]4)cc3)cc2[nH]1)c1ccccc1. The van der Waals surface area contributed by atoms with Crippen molar-refractivity contribution in [1.82, 2.24) is 40.5 Å². The van der Waals surface area contributed by atoms with Crippen molar-refractivity contribution < 1.29 is 28.7 Å². The second-order valence-corrected chi connectivity index (χ2v) is 14.2. The number of amides is 5. The summed E-state index contributed by atoms with van der Waals surface area (Å²) >= 11 is 0. The Morgan fingerprint density at radius 1 is 0.741 bits per heavy atom. The zero-order valence-electron chi connectivity index (χ0n) is 32.1. The van der Waals surface area contributed by atoms with E-state index >= 15 is 0 Å². The lowest BCUT2D eigenvalue weighted by Gasteiger charge is -2.30. The topological polar surface area (TPSA) is 178 Å². The zero-order valence-corrected chi connectivity index (χ0v) is 32.1. The van der Waals surface area contributed by atoms with Gasteiger partial charge in [-0.1, -0.05) is 78.9 Å². The highest BCUT2D eigenvalue weighted by atomic mass is 16.5. The molecule has 4 heterocycles. The molecule has 5 amide bonds. The Kier molecular flexibility index (Phi) is 10.7. The average molecular weight is 782 g/mol. The van der Waals surface area contributed by atoms with Gasteiger partial charge in [-0.05, 0) is 72.2 Å². The lowest BCUT2D eigenvalue weighted by molar-refractivity contribution is -0.134. The minimum Gasteiger partial charge on any atom is -0.453 e. The largest absolute Gasteiger partial charge is 0.453 e. The number of anilines is 1. The minimum absolute atomic E-state index is 0.221. The Morgan fingerprint density at radius 2 is 1.38 bits per heavy atom. The molecule has 0 unspecified atom stereocenters. The van der Waals surface area contributed by atoms with Crippen LogP contribution in [-0.4, -0.2) is 81.2 Å². The molecule has 2 aliphatic rings. The number of alkyl carbamates (subject to hydrolysis) is 1. The van der Waals surface area contributed by atoms with Crippen molar-refractivity contribution >= 4 is 40.8 Å². The number of H-pyrrole nitrogens is 2. The van der Waals surface area contributed by atoms with Crippen molar-refractivity contribution in [2.24, 2.45) is 0 Å². The van der Waals surface area contributed by atoms with Crippen LogP contribution < -0.4 is 15.8 Å². The van der Waals surface area contributed by atoms with Gasteiger partial charge in [0.2, 0.25) is 0 Å². The molecular weight excluding hydrogens is 739 g/mol. The fourth-order valence-electron chi connectivity index (χ4n) is 7.80. The van der Waals surface area contributed by atoms with E-state index < -0.39 is 18.2 Å². The van der Waals surface area contributed by atoms with Crippen LogP contribution in [0.3, 0.4) is 0 Å². The van der Waals surface area contributed by atoms with Crippen LogP contribution in [0.15, 0.2) is 109 Å². The number of carbonyl (C=O) groups excluding carboxylic acids is 4.